The first kappa shape index (κ1) is 22.8. The number of alkyl carbamates (subject to hydrolysis) is 1. The average Bonchev–Trinajstić information content (AvgIpc) is 3.15. The van der Waals surface area contributed by atoms with Gasteiger partial charge in [-0.3, -0.25) is 4.79 Å². The number of amides is 2. The summed E-state index contributed by atoms with van der Waals surface area (Å²) in [5, 5.41) is 14.4. The van der Waals surface area contributed by atoms with Crippen LogP contribution in [0.1, 0.15) is 55.6 Å². The van der Waals surface area contributed by atoms with Crippen LogP contribution >= 0.6 is 0 Å². The molecular weight excluding hydrogens is 420 g/mol. The van der Waals surface area contributed by atoms with Crippen molar-refractivity contribution < 1.29 is 24.2 Å². The monoisotopic (exact) mass is 450 g/mol. The van der Waals surface area contributed by atoms with Crippen LogP contribution in [0.25, 0.3) is 11.1 Å². The first-order chi connectivity index (χ1) is 16.0. The lowest BCUT2D eigenvalue weighted by atomic mass is 9.85. The predicted molar refractivity (Wildman–Crippen MR) is 124 cm³/mol. The van der Waals surface area contributed by atoms with Gasteiger partial charge in [0.05, 0.1) is 0 Å². The second-order valence-electron chi connectivity index (χ2n) is 8.88. The maximum Gasteiger partial charge on any atom is 0.407 e. The third kappa shape index (κ3) is 5.53. The molecule has 2 aliphatic rings. The van der Waals surface area contributed by atoms with Crippen LogP contribution in [-0.2, 0) is 14.3 Å². The molecule has 7 heteroatoms. The summed E-state index contributed by atoms with van der Waals surface area (Å²) in [4.78, 5) is 36.1. The summed E-state index contributed by atoms with van der Waals surface area (Å²) in [6, 6.07) is 15.2. The lowest BCUT2D eigenvalue weighted by Crippen LogP contribution is -2.46. The van der Waals surface area contributed by atoms with Gasteiger partial charge >= 0.3 is 12.1 Å². The molecule has 0 bridgehead atoms. The van der Waals surface area contributed by atoms with Crippen LogP contribution in [0.5, 0.6) is 0 Å². The Morgan fingerprint density at radius 3 is 2.15 bits per heavy atom. The van der Waals surface area contributed by atoms with Crippen molar-refractivity contribution in [1.82, 2.24) is 10.6 Å². The normalized spacial score (nSPS) is 16.4. The first-order valence-corrected chi connectivity index (χ1v) is 11.6. The van der Waals surface area contributed by atoms with Gasteiger partial charge in [-0.05, 0) is 34.6 Å². The lowest BCUT2D eigenvalue weighted by Gasteiger charge is -2.25. The number of hydrogen-bond donors (Lipinski definition) is 3. The standard InChI is InChI=1S/C26H30N2O5/c29-24(28-23(25(30)31)14-17-8-2-1-3-9-17)15-27-26(32)33-16-22-20-12-6-4-10-18(20)19-11-5-7-13-21(19)22/h4-7,10-13,17,22-23H,1-3,8-9,14-16H2,(H,27,32)(H,28,29)(H,30,31). The van der Waals surface area contributed by atoms with E-state index in [2.05, 4.69) is 22.8 Å². The molecule has 0 spiro atoms. The van der Waals surface area contributed by atoms with Crippen molar-refractivity contribution in [3.63, 3.8) is 0 Å². The Kier molecular flexibility index (Phi) is 7.27. The summed E-state index contributed by atoms with van der Waals surface area (Å²) in [5.41, 5.74) is 4.49. The maximum atomic E-state index is 12.2. The van der Waals surface area contributed by atoms with Crippen molar-refractivity contribution in [1.29, 1.82) is 0 Å². The van der Waals surface area contributed by atoms with E-state index in [-0.39, 0.29) is 19.1 Å². The smallest absolute Gasteiger partial charge is 0.407 e. The zero-order valence-corrected chi connectivity index (χ0v) is 18.6. The number of nitrogens with one attached hydrogen (secondary N) is 2. The Morgan fingerprint density at radius 2 is 1.55 bits per heavy atom. The van der Waals surface area contributed by atoms with E-state index in [1.54, 1.807) is 0 Å². The number of carbonyl (C=O) groups is 3. The zero-order valence-electron chi connectivity index (χ0n) is 18.6. The molecular formula is C26H30N2O5. The molecule has 174 valence electrons. The molecule has 1 atom stereocenters. The van der Waals surface area contributed by atoms with E-state index in [1.165, 1.54) is 6.42 Å². The van der Waals surface area contributed by atoms with Gasteiger partial charge in [0.15, 0.2) is 0 Å². The van der Waals surface area contributed by atoms with E-state index in [1.807, 2.05) is 36.4 Å². The van der Waals surface area contributed by atoms with E-state index < -0.39 is 24.0 Å². The Bertz CT molecular complexity index is 970. The Morgan fingerprint density at radius 1 is 0.939 bits per heavy atom. The SMILES string of the molecule is O=C(CNC(=O)OCC1c2ccccc2-c2ccccc21)NC(CC1CCCCC1)C(=O)O. The van der Waals surface area contributed by atoms with Crippen molar-refractivity contribution in [2.75, 3.05) is 13.2 Å². The van der Waals surface area contributed by atoms with E-state index in [0.717, 1.165) is 47.9 Å². The highest BCUT2D eigenvalue weighted by atomic mass is 16.5. The maximum absolute atomic E-state index is 12.2. The van der Waals surface area contributed by atoms with Gasteiger partial charge in [-0.2, -0.15) is 0 Å². The number of hydrogen-bond acceptors (Lipinski definition) is 4. The first-order valence-electron chi connectivity index (χ1n) is 11.6. The van der Waals surface area contributed by atoms with Crippen LogP contribution in [0.3, 0.4) is 0 Å². The molecule has 1 saturated carbocycles. The molecule has 4 rings (SSSR count). The van der Waals surface area contributed by atoms with Crippen LogP contribution in [0.15, 0.2) is 48.5 Å². The summed E-state index contributed by atoms with van der Waals surface area (Å²) in [5.74, 6) is -1.33. The van der Waals surface area contributed by atoms with Crippen molar-refractivity contribution >= 4 is 18.0 Å². The molecule has 2 amide bonds. The van der Waals surface area contributed by atoms with E-state index in [4.69, 9.17) is 4.74 Å². The Balaban J connectivity index is 1.26. The number of carboxylic acids is 1. The van der Waals surface area contributed by atoms with Gasteiger partial charge in [-0.15, -0.1) is 0 Å². The summed E-state index contributed by atoms with van der Waals surface area (Å²) in [7, 11) is 0. The fraction of sp³-hybridized carbons (Fsp3) is 0.423. The molecule has 1 unspecified atom stereocenters. The van der Waals surface area contributed by atoms with Crippen molar-refractivity contribution in [2.24, 2.45) is 5.92 Å². The summed E-state index contributed by atoms with van der Waals surface area (Å²) < 4.78 is 5.42. The third-order valence-corrected chi connectivity index (χ3v) is 6.66. The minimum absolute atomic E-state index is 0.0659. The van der Waals surface area contributed by atoms with E-state index in [0.29, 0.717) is 12.3 Å². The van der Waals surface area contributed by atoms with Crippen LogP contribution < -0.4 is 10.6 Å². The van der Waals surface area contributed by atoms with Crippen LogP contribution in [0.2, 0.25) is 0 Å². The van der Waals surface area contributed by atoms with Gasteiger partial charge in [0.1, 0.15) is 19.2 Å². The fourth-order valence-electron chi connectivity index (χ4n) is 5.02. The van der Waals surface area contributed by atoms with Gasteiger partial charge in [0, 0.05) is 5.92 Å². The highest BCUT2D eigenvalue weighted by Crippen LogP contribution is 2.44. The van der Waals surface area contributed by atoms with Gasteiger partial charge in [0.2, 0.25) is 5.91 Å². The molecule has 2 aliphatic carbocycles. The minimum atomic E-state index is -1.05. The van der Waals surface area contributed by atoms with Crippen molar-refractivity contribution in [3.8, 4) is 11.1 Å². The molecule has 2 aromatic rings. The quantitative estimate of drug-likeness (QED) is 0.562. The molecule has 0 saturated heterocycles. The Labute approximate surface area is 193 Å². The number of fused-ring (bicyclic) bond motifs is 3. The molecule has 0 aliphatic heterocycles. The molecule has 3 N–H and O–H groups in total. The third-order valence-electron chi connectivity index (χ3n) is 6.66. The van der Waals surface area contributed by atoms with Crippen LogP contribution in [0, 0.1) is 5.92 Å². The number of carboxylic acid groups (broad SMARTS) is 1. The molecule has 1 fully saturated rings. The van der Waals surface area contributed by atoms with Crippen molar-refractivity contribution in [2.45, 2.75) is 50.5 Å². The number of aliphatic carboxylic acids is 1. The summed E-state index contributed by atoms with van der Waals surface area (Å²) in [6.45, 7) is -0.175. The number of rotatable bonds is 8. The van der Waals surface area contributed by atoms with Gasteiger partial charge < -0.3 is 20.5 Å². The summed E-state index contributed by atoms with van der Waals surface area (Å²) in [6.07, 6.45) is 5.11. The van der Waals surface area contributed by atoms with Gasteiger partial charge in [-0.25, -0.2) is 9.59 Å². The second kappa shape index (κ2) is 10.5. The number of ether oxygens (including phenoxy) is 1. The topological polar surface area (TPSA) is 105 Å². The minimum Gasteiger partial charge on any atom is -0.480 e. The van der Waals surface area contributed by atoms with Gasteiger partial charge in [0.25, 0.3) is 0 Å². The predicted octanol–water partition coefficient (Wildman–Crippen LogP) is 4.06. The highest BCUT2D eigenvalue weighted by molar-refractivity contribution is 5.86. The molecule has 0 aromatic heterocycles. The van der Waals surface area contributed by atoms with E-state index >= 15 is 0 Å². The lowest BCUT2D eigenvalue weighted by molar-refractivity contribution is -0.142. The largest absolute Gasteiger partial charge is 0.480 e. The van der Waals surface area contributed by atoms with Gasteiger partial charge in [-0.1, -0.05) is 80.6 Å². The Hall–Kier alpha value is -3.35. The summed E-state index contributed by atoms with van der Waals surface area (Å²) >= 11 is 0. The molecule has 0 heterocycles. The van der Waals surface area contributed by atoms with Crippen LogP contribution in [-0.4, -0.2) is 42.3 Å². The van der Waals surface area contributed by atoms with Crippen LogP contribution in [0.4, 0.5) is 4.79 Å². The average molecular weight is 451 g/mol. The molecule has 0 radical (unpaired) electrons. The fourth-order valence-corrected chi connectivity index (χ4v) is 5.02. The molecule has 33 heavy (non-hydrogen) atoms. The number of carbonyl (C=O) groups excluding carboxylic acids is 2. The highest BCUT2D eigenvalue weighted by Gasteiger charge is 2.29. The zero-order chi connectivity index (χ0) is 23.2. The van der Waals surface area contributed by atoms with Crippen molar-refractivity contribution in [3.05, 3.63) is 59.7 Å². The molecule has 2 aromatic carbocycles. The molecule has 7 nitrogen and oxygen atoms in total. The number of benzene rings is 2. The van der Waals surface area contributed by atoms with E-state index in [9.17, 15) is 19.5 Å². The second-order valence-corrected chi connectivity index (χ2v) is 8.88.